The van der Waals surface area contributed by atoms with Gasteiger partial charge in [-0.15, -0.1) is 12.4 Å². The third-order valence-electron chi connectivity index (χ3n) is 4.02. The minimum Gasteiger partial charge on any atom is -0.391 e. The Labute approximate surface area is 155 Å². The Bertz CT molecular complexity index is 584. The van der Waals surface area contributed by atoms with E-state index in [0.717, 1.165) is 0 Å². The molecule has 1 saturated heterocycles. The van der Waals surface area contributed by atoms with E-state index in [0.29, 0.717) is 37.3 Å². The maximum Gasteiger partial charge on any atom is 0.251 e. The van der Waals surface area contributed by atoms with Crippen molar-refractivity contribution in [2.45, 2.75) is 26.9 Å². The van der Waals surface area contributed by atoms with Crippen molar-refractivity contribution in [1.82, 2.24) is 16.0 Å². The molecule has 4 N–H and O–H groups in total. The molecule has 1 aliphatic heterocycles. The van der Waals surface area contributed by atoms with Gasteiger partial charge in [0.15, 0.2) is 0 Å². The number of aliphatic hydroxyl groups is 1. The van der Waals surface area contributed by atoms with Gasteiger partial charge < -0.3 is 21.1 Å². The highest BCUT2D eigenvalue weighted by atomic mass is 35.5. The second-order valence-corrected chi connectivity index (χ2v) is 7.52. The Morgan fingerprint density at radius 1 is 1.08 bits per heavy atom. The molecule has 2 amide bonds. The highest BCUT2D eigenvalue weighted by Crippen LogP contribution is 2.12. The molecule has 1 aromatic rings. The number of β-amino-alcohol motifs (C(OH)–C–C–N with tert-alkyl or cyclic N) is 1. The lowest BCUT2D eigenvalue weighted by atomic mass is 9.97. The molecule has 7 heteroatoms. The first-order valence-electron chi connectivity index (χ1n) is 8.31. The second kappa shape index (κ2) is 9.17. The normalized spacial score (nSPS) is 19.8. The average Bonchev–Trinajstić information content (AvgIpc) is 2.95. The second-order valence-electron chi connectivity index (χ2n) is 7.52. The topological polar surface area (TPSA) is 90.5 Å². The van der Waals surface area contributed by atoms with Crippen molar-refractivity contribution >= 4 is 24.2 Å². The van der Waals surface area contributed by atoms with Crippen molar-refractivity contribution in [3.63, 3.8) is 0 Å². The van der Waals surface area contributed by atoms with Crippen molar-refractivity contribution in [2.75, 3.05) is 26.2 Å². The lowest BCUT2D eigenvalue weighted by molar-refractivity contribution is 0.0919. The summed E-state index contributed by atoms with van der Waals surface area (Å²) >= 11 is 0. The third-order valence-corrected chi connectivity index (χ3v) is 4.02. The van der Waals surface area contributed by atoms with E-state index in [1.165, 1.54) is 0 Å². The number of hydrogen-bond donors (Lipinski definition) is 4. The Morgan fingerprint density at radius 2 is 1.60 bits per heavy atom. The van der Waals surface area contributed by atoms with Crippen molar-refractivity contribution in [2.24, 2.45) is 11.3 Å². The van der Waals surface area contributed by atoms with E-state index < -0.39 is 6.10 Å². The van der Waals surface area contributed by atoms with Crippen LogP contribution in [0.5, 0.6) is 0 Å². The summed E-state index contributed by atoms with van der Waals surface area (Å²) in [4.78, 5) is 24.2. The molecule has 0 radical (unpaired) electrons. The minimum absolute atomic E-state index is 0. The molecule has 1 aliphatic rings. The van der Waals surface area contributed by atoms with E-state index in [4.69, 9.17) is 0 Å². The summed E-state index contributed by atoms with van der Waals surface area (Å²) in [5, 5.41) is 18.5. The predicted octanol–water partition coefficient (Wildman–Crippen LogP) is 1.19. The fourth-order valence-electron chi connectivity index (χ4n) is 2.47. The summed E-state index contributed by atoms with van der Waals surface area (Å²) in [6, 6.07) is 6.59. The molecule has 0 aromatic heterocycles. The van der Waals surface area contributed by atoms with Gasteiger partial charge >= 0.3 is 0 Å². The van der Waals surface area contributed by atoms with Gasteiger partial charge in [-0.1, -0.05) is 20.8 Å². The van der Waals surface area contributed by atoms with E-state index >= 15 is 0 Å². The zero-order valence-electron chi connectivity index (χ0n) is 15.0. The molecule has 1 aromatic carbocycles. The summed E-state index contributed by atoms with van der Waals surface area (Å²) in [7, 11) is 0. The van der Waals surface area contributed by atoms with Gasteiger partial charge in [0.1, 0.15) is 0 Å². The lowest BCUT2D eigenvalue weighted by Crippen LogP contribution is -2.34. The van der Waals surface area contributed by atoms with Crippen LogP contribution < -0.4 is 16.0 Å². The van der Waals surface area contributed by atoms with Crippen LogP contribution in [0.15, 0.2) is 24.3 Å². The molecule has 6 nitrogen and oxygen atoms in total. The van der Waals surface area contributed by atoms with Crippen LogP contribution in [-0.4, -0.2) is 49.2 Å². The standard InChI is InChI=1S/C18H27N3O3.ClH/c1-18(2,3)11-21-17(24)13-6-4-12(5-7-13)16(23)20-9-14-8-19-10-15(14)22;/h4-7,14-15,19,22H,8-11H2,1-3H3,(H,20,23)(H,21,24);1H. The highest BCUT2D eigenvalue weighted by Gasteiger charge is 2.25. The van der Waals surface area contributed by atoms with Crippen LogP contribution in [0.2, 0.25) is 0 Å². The molecule has 2 rings (SSSR count). The average molecular weight is 370 g/mol. The number of halogens is 1. The van der Waals surface area contributed by atoms with E-state index in [1.807, 2.05) is 0 Å². The molecule has 2 atom stereocenters. The molecule has 1 fully saturated rings. The van der Waals surface area contributed by atoms with Gasteiger partial charge in [0.05, 0.1) is 6.10 Å². The monoisotopic (exact) mass is 369 g/mol. The molecule has 0 bridgehead atoms. The third kappa shape index (κ3) is 6.65. The van der Waals surface area contributed by atoms with Crippen molar-refractivity contribution in [3.05, 3.63) is 35.4 Å². The fraction of sp³-hybridized carbons (Fsp3) is 0.556. The molecule has 2 unspecified atom stereocenters. The van der Waals surface area contributed by atoms with Gasteiger partial charge in [0.2, 0.25) is 0 Å². The van der Waals surface area contributed by atoms with Crippen LogP contribution in [0, 0.1) is 11.3 Å². The number of benzene rings is 1. The summed E-state index contributed by atoms with van der Waals surface area (Å²) in [5.74, 6) is -0.302. The summed E-state index contributed by atoms with van der Waals surface area (Å²) < 4.78 is 0. The number of carbonyl (C=O) groups excluding carboxylic acids is 2. The van der Waals surface area contributed by atoms with Gasteiger partial charge in [-0.05, 0) is 29.7 Å². The largest absolute Gasteiger partial charge is 0.391 e. The molecular weight excluding hydrogens is 342 g/mol. The number of nitrogens with one attached hydrogen (secondary N) is 3. The number of rotatable bonds is 5. The van der Waals surface area contributed by atoms with Gasteiger partial charge in [-0.3, -0.25) is 9.59 Å². The number of amides is 2. The number of carbonyl (C=O) groups is 2. The first kappa shape index (κ1) is 21.4. The zero-order valence-corrected chi connectivity index (χ0v) is 15.8. The molecule has 0 aliphatic carbocycles. The first-order valence-corrected chi connectivity index (χ1v) is 8.31. The molecule has 140 valence electrons. The summed E-state index contributed by atoms with van der Waals surface area (Å²) in [6.45, 7) is 8.45. The fourth-order valence-corrected chi connectivity index (χ4v) is 2.47. The van der Waals surface area contributed by atoms with Crippen LogP contribution in [-0.2, 0) is 0 Å². The zero-order chi connectivity index (χ0) is 17.7. The van der Waals surface area contributed by atoms with Gasteiger partial charge in [0.25, 0.3) is 11.8 Å². The van der Waals surface area contributed by atoms with E-state index in [-0.39, 0.29) is 35.6 Å². The minimum atomic E-state index is -0.417. The maximum absolute atomic E-state index is 12.1. The van der Waals surface area contributed by atoms with Gasteiger partial charge in [-0.2, -0.15) is 0 Å². The van der Waals surface area contributed by atoms with Crippen LogP contribution in [0.4, 0.5) is 0 Å². The SMILES string of the molecule is CC(C)(C)CNC(=O)c1ccc(C(=O)NCC2CNCC2O)cc1.Cl. The van der Waals surface area contributed by atoms with Gasteiger partial charge in [0, 0.05) is 43.2 Å². The summed E-state index contributed by atoms with van der Waals surface area (Å²) in [5.41, 5.74) is 1.06. The number of hydrogen-bond acceptors (Lipinski definition) is 4. The predicted molar refractivity (Wildman–Crippen MR) is 100 cm³/mol. The summed E-state index contributed by atoms with van der Waals surface area (Å²) in [6.07, 6.45) is -0.417. The quantitative estimate of drug-likeness (QED) is 0.627. The van der Waals surface area contributed by atoms with Gasteiger partial charge in [-0.25, -0.2) is 0 Å². The first-order chi connectivity index (χ1) is 11.3. The van der Waals surface area contributed by atoms with Crippen LogP contribution >= 0.6 is 12.4 Å². The lowest BCUT2D eigenvalue weighted by Gasteiger charge is -2.18. The number of aliphatic hydroxyl groups excluding tert-OH is 1. The van der Waals surface area contributed by atoms with E-state index in [1.54, 1.807) is 24.3 Å². The van der Waals surface area contributed by atoms with Crippen molar-refractivity contribution in [1.29, 1.82) is 0 Å². The highest BCUT2D eigenvalue weighted by molar-refractivity contribution is 5.97. The Morgan fingerprint density at radius 3 is 2.04 bits per heavy atom. The van der Waals surface area contributed by atoms with E-state index in [9.17, 15) is 14.7 Å². The maximum atomic E-state index is 12.1. The molecule has 25 heavy (non-hydrogen) atoms. The molecule has 0 spiro atoms. The molecule has 1 heterocycles. The van der Waals surface area contributed by atoms with Crippen LogP contribution in [0.1, 0.15) is 41.5 Å². The van der Waals surface area contributed by atoms with Crippen molar-refractivity contribution < 1.29 is 14.7 Å². The van der Waals surface area contributed by atoms with Crippen LogP contribution in [0.3, 0.4) is 0 Å². The molecule has 0 saturated carbocycles. The van der Waals surface area contributed by atoms with Crippen LogP contribution in [0.25, 0.3) is 0 Å². The smallest absolute Gasteiger partial charge is 0.251 e. The molecular formula is C18H28ClN3O3. The Kier molecular flexibility index (Phi) is 7.86. The van der Waals surface area contributed by atoms with E-state index in [2.05, 4.69) is 36.7 Å². The Balaban J connectivity index is 0.00000312. The van der Waals surface area contributed by atoms with Crippen molar-refractivity contribution in [3.8, 4) is 0 Å². The Hall–Kier alpha value is -1.63.